The zero-order valence-corrected chi connectivity index (χ0v) is 16.9. The van der Waals surface area contributed by atoms with Gasteiger partial charge >= 0.3 is 0 Å². The molecule has 30 heavy (non-hydrogen) atoms. The van der Waals surface area contributed by atoms with E-state index in [2.05, 4.69) is 4.98 Å². The SMILES string of the molecule is O=C1C(=Cc2ccccn2)CN(S(=O)(=O)c2ccccc2)CC1c1ccc(O)cc1. The maximum atomic E-state index is 13.3. The Bertz CT molecular complexity index is 1170. The number of Topliss-reactive ketones (excluding diaryl/α,β-unsaturated/α-hetero) is 1. The summed E-state index contributed by atoms with van der Waals surface area (Å²) in [5, 5.41) is 9.59. The van der Waals surface area contributed by atoms with E-state index in [1.807, 2.05) is 6.07 Å². The number of benzene rings is 2. The highest BCUT2D eigenvalue weighted by molar-refractivity contribution is 7.89. The van der Waals surface area contributed by atoms with Crippen LogP contribution in [-0.4, -0.2) is 41.7 Å². The van der Waals surface area contributed by atoms with Crippen LogP contribution in [-0.2, 0) is 14.8 Å². The van der Waals surface area contributed by atoms with E-state index < -0.39 is 15.9 Å². The number of phenolic OH excluding ortho intramolecular Hbond substituents is 1. The van der Waals surface area contributed by atoms with Gasteiger partial charge in [-0.2, -0.15) is 4.31 Å². The van der Waals surface area contributed by atoms with Crippen LogP contribution in [0.4, 0.5) is 0 Å². The molecule has 0 radical (unpaired) electrons. The quantitative estimate of drug-likeness (QED) is 0.655. The molecular formula is C23H20N2O4S. The molecule has 0 saturated carbocycles. The number of nitrogens with zero attached hydrogens (tertiary/aromatic N) is 2. The number of rotatable bonds is 4. The van der Waals surface area contributed by atoms with E-state index in [4.69, 9.17) is 0 Å². The number of sulfonamides is 1. The molecule has 1 unspecified atom stereocenters. The van der Waals surface area contributed by atoms with Gasteiger partial charge in [-0.15, -0.1) is 0 Å². The molecule has 1 fully saturated rings. The standard InChI is InChI=1S/C23H20N2O4S/c26-20-11-9-17(10-12-20)22-16-25(30(28,29)21-7-2-1-3-8-21)15-18(23(22)27)14-19-6-4-5-13-24-19/h1-14,22,26H,15-16H2. The number of carbonyl (C=O) groups is 1. The maximum Gasteiger partial charge on any atom is 0.243 e. The number of carbonyl (C=O) groups excluding carboxylic acids is 1. The molecule has 2 aromatic carbocycles. The van der Waals surface area contributed by atoms with E-state index in [9.17, 15) is 18.3 Å². The summed E-state index contributed by atoms with van der Waals surface area (Å²) in [5.41, 5.74) is 1.61. The molecule has 1 aliphatic rings. The van der Waals surface area contributed by atoms with E-state index in [1.165, 1.54) is 16.4 Å². The van der Waals surface area contributed by atoms with Crippen LogP contribution in [0.1, 0.15) is 17.2 Å². The minimum atomic E-state index is -3.79. The van der Waals surface area contributed by atoms with Crippen molar-refractivity contribution in [2.24, 2.45) is 0 Å². The Morgan fingerprint density at radius 3 is 2.33 bits per heavy atom. The van der Waals surface area contributed by atoms with Gasteiger partial charge in [0.1, 0.15) is 5.75 Å². The molecule has 7 heteroatoms. The molecule has 2 heterocycles. The zero-order valence-electron chi connectivity index (χ0n) is 16.0. The second-order valence-corrected chi connectivity index (χ2v) is 8.98. The fourth-order valence-electron chi connectivity index (χ4n) is 3.49. The molecule has 3 aromatic rings. The van der Waals surface area contributed by atoms with Crippen LogP contribution in [0, 0.1) is 0 Å². The first-order valence-electron chi connectivity index (χ1n) is 9.45. The summed E-state index contributed by atoms with van der Waals surface area (Å²) in [7, 11) is -3.79. The number of piperidine rings is 1. The Morgan fingerprint density at radius 1 is 0.967 bits per heavy atom. The monoisotopic (exact) mass is 420 g/mol. The van der Waals surface area contributed by atoms with Crippen LogP contribution in [0.3, 0.4) is 0 Å². The minimum Gasteiger partial charge on any atom is -0.508 e. The summed E-state index contributed by atoms with van der Waals surface area (Å²) < 4.78 is 27.8. The van der Waals surface area contributed by atoms with Crippen LogP contribution >= 0.6 is 0 Å². The van der Waals surface area contributed by atoms with Crippen molar-refractivity contribution in [2.45, 2.75) is 10.8 Å². The third-order valence-electron chi connectivity index (χ3n) is 5.05. The smallest absolute Gasteiger partial charge is 0.243 e. The van der Waals surface area contributed by atoms with Gasteiger partial charge in [0, 0.05) is 24.9 Å². The number of pyridine rings is 1. The molecule has 1 N–H and O–H groups in total. The van der Waals surface area contributed by atoms with Crippen LogP contribution in [0.5, 0.6) is 5.75 Å². The van der Waals surface area contributed by atoms with E-state index in [-0.39, 0.29) is 29.5 Å². The molecule has 0 bridgehead atoms. The van der Waals surface area contributed by atoms with Gasteiger partial charge in [0.05, 0.1) is 16.5 Å². The number of aromatic nitrogens is 1. The van der Waals surface area contributed by atoms with E-state index in [0.29, 0.717) is 16.8 Å². The van der Waals surface area contributed by atoms with Crippen molar-refractivity contribution >= 4 is 21.9 Å². The molecule has 1 aromatic heterocycles. The van der Waals surface area contributed by atoms with Crippen molar-refractivity contribution in [3.05, 3.63) is 95.8 Å². The van der Waals surface area contributed by atoms with Gasteiger partial charge in [0.15, 0.2) is 5.78 Å². The van der Waals surface area contributed by atoms with Crippen molar-refractivity contribution in [1.29, 1.82) is 0 Å². The third kappa shape index (κ3) is 4.03. The Labute approximate surface area is 175 Å². The van der Waals surface area contributed by atoms with Crippen LogP contribution < -0.4 is 0 Å². The Kier molecular flexibility index (Phi) is 5.48. The van der Waals surface area contributed by atoms with Gasteiger partial charge in [-0.1, -0.05) is 36.4 Å². The Balaban J connectivity index is 1.77. The minimum absolute atomic E-state index is 0.0266. The fourth-order valence-corrected chi connectivity index (χ4v) is 4.94. The summed E-state index contributed by atoms with van der Waals surface area (Å²) in [6, 6.07) is 19.8. The second kappa shape index (κ2) is 8.22. The largest absolute Gasteiger partial charge is 0.508 e. The molecule has 152 valence electrons. The van der Waals surface area contributed by atoms with E-state index in [1.54, 1.807) is 66.9 Å². The number of phenols is 1. The maximum absolute atomic E-state index is 13.3. The van der Waals surface area contributed by atoms with Crippen LogP contribution in [0.15, 0.2) is 89.5 Å². The van der Waals surface area contributed by atoms with Gasteiger partial charge in [-0.25, -0.2) is 8.42 Å². The summed E-state index contributed by atoms with van der Waals surface area (Å²) in [5.74, 6) is -0.737. The number of aromatic hydroxyl groups is 1. The molecule has 0 spiro atoms. The highest BCUT2D eigenvalue weighted by atomic mass is 32.2. The predicted octanol–water partition coefficient (Wildman–Crippen LogP) is 3.23. The van der Waals surface area contributed by atoms with Crippen molar-refractivity contribution in [3.63, 3.8) is 0 Å². The van der Waals surface area contributed by atoms with Crippen molar-refractivity contribution < 1.29 is 18.3 Å². The van der Waals surface area contributed by atoms with E-state index >= 15 is 0 Å². The van der Waals surface area contributed by atoms with Crippen LogP contribution in [0.25, 0.3) is 6.08 Å². The third-order valence-corrected chi connectivity index (χ3v) is 6.88. The van der Waals surface area contributed by atoms with E-state index in [0.717, 1.165) is 0 Å². The molecule has 6 nitrogen and oxygen atoms in total. The highest BCUT2D eigenvalue weighted by Crippen LogP contribution is 2.32. The Hall–Kier alpha value is -3.29. The van der Waals surface area contributed by atoms with Crippen molar-refractivity contribution in [2.75, 3.05) is 13.1 Å². The number of hydrogen-bond acceptors (Lipinski definition) is 5. The first kappa shape index (κ1) is 20.0. The van der Waals surface area contributed by atoms with Gasteiger partial charge in [-0.3, -0.25) is 9.78 Å². The topological polar surface area (TPSA) is 87.6 Å². The number of ketones is 1. The summed E-state index contributed by atoms with van der Waals surface area (Å²) in [4.78, 5) is 17.7. The van der Waals surface area contributed by atoms with Gasteiger partial charge < -0.3 is 5.11 Å². The van der Waals surface area contributed by atoms with Gasteiger partial charge in [0.25, 0.3) is 0 Å². The zero-order chi connectivity index (χ0) is 21.1. The average molecular weight is 420 g/mol. The summed E-state index contributed by atoms with van der Waals surface area (Å²) in [6.45, 7) is 0.00160. The molecule has 0 aliphatic carbocycles. The molecule has 0 amide bonds. The predicted molar refractivity (Wildman–Crippen MR) is 113 cm³/mol. The van der Waals surface area contributed by atoms with Gasteiger partial charge in [0.2, 0.25) is 10.0 Å². The summed E-state index contributed by atoms with van der Waals surface area (Å²) >= 11 is 0. The first-order valence-corrected chi connectivity index (χ1v) is 10.9. The molecule has 1 aliphatic heterocycles. The van der Waals surface area contributed by atoms with Crippen molar-refractivity contribution in [1.82, 2.24) is 9.29 Å². The molecule has 1 saturated heterocycles. The average Bonchev–Trinajstić information content (AvgIpc) is 2.77. The van der Waals surface area contributed by atoms with Gasteiger partial charge in [-0.05, 0) is 48.0 Å². The van der Waals surface area contributed by atoms with Crippen molar-refractivity contribution in [3.8, 4) is 5.75 Å². The molecule has 4 rings (SSSR count). The summed E-state index contributed by atoms with van der Waals surface area (Å²) in [6.07, 6.45) is 3.26. The lowest BCUT2D eigenvalue weighted by atomic mass is 9.87. The first-order chi connectivity index (χ1) is 14.4. The lowest BCUT2D eigenvalue weighted by molar-refractivity contribution is -0.118. The number of hydrogen-bond donors (Lipinski definition) is 1. The lowest BCUT2D eigenvalue weighted by Crippen LogP contribution is -2.44. The molecule has 1 atom stereocenters. The molecular weight excluding hydrogens is 400 g/mol. The second-order valence-electron chi connectivity index (χ2n) is 7.04. The fraction of sp³-hybridized carbons (Fsp3) is 0.130. The Morgan fingerprint density at radius 2 is 1.67 bits per heavy atom. The lowest BCUT2D eigenvalue weighted by Gasteiger charge is -2.33. The van der Waals surface area contributed by atoms with Crippen LogP contribution in [0.2, 0.25) is 0 Å². The normalized spacial score (nSPS) is 19.1. The highest BCUT2D eigenvalue weighted by Gasteiger charge is 2.38.